The molecule has 8 nitrogen and oxygen atoms in total. The third kappa shape index (κ3) is 6.64. The van der Waals surface area contributed by atoms with Crippen LogP contribution < -0.4 is 16.4 Å². The van der Waals surface area contributed by atoms with E-state index in [0.717, 1.165) is 16.7 Å². The third-order valence-electron chi connectivity index (χ3n) is 4.03. The summed E-state index contributed by atoms with van der Waals surface area (Å²) in [5, 5.41) is 14.3. The minimum atomic E-state index is -0.946. The van der Waals surface area contributed by atoms with Gasteiger partial charge < -0.3 is 26.2 Å². The summed E-state index contributed by atoms with van der Waals surface area (Å²) in [6.45, 7) is 1.50. The molecule has 0 bridgehead atoms. The zero-order valence-electron chi connectivity index (χ0n) is 15.5. The Morgan fingerprint density at radius 3 is 2.50 bits per heavy atom. The number of amides is 3. The number of nitrogens with one attached hydrogen (secondary N) is 2. The molecule has 0 aliphatic carbocycles. The number of primary amides is 1. The molecule has 2 aromatic carbocycles. The smallest absolute Gasteiger partial charge is 0.407 e. The molecule has 0 saturated heterocycles. The van der Waals surface area contributed by atoms with E-state index < -0.39 is 23.9 Å². The van der Waals surface area contributed by atoms with Crippen LogP contribution in [0.2, 0.25) is 0 Å². The van der Waals surface area contributed by atoms with Gasteiger partial charge >= 0.3 is 6.09 Å². The predicted molar refractivity (Wildman–Crippen MR) is 102 cm³/mol. The average molecular weight is 385 g/mol. The number of ether oxygens (including phenoxy) is 1. The van der Waals surface area contributed by atoms with Crippen molar-refractivity contribution in [1.82, 2.24) is 10.6 Å². The summed E-state index contributed by atoms with van der Waals surface area (Å²) in [6, 6.07) is 12.9. The summed E-state index contributed by atoms with van der Waals surface area (Å²) in [4.78, 5) is 35.4. The van der Waals surface area contributed by atoms with Crippen LogP contribution in [0, 0.1) is 6.92 Å². The standard InChI is InChI=1S/C20H23N3O5/c1-13-9-16(24)8-7-15(13)10-17(19(21)26)23-18(25)11-22-20(27)28-12-14-5-3-2-4-6-14/h2-9,17,24H,10-12H2,1H3,(H2,21,26)(H,22,27)(H,23,25)/t17-/m0/s1. The van der Waals surface area contributed by atoms with Gasteiger partial charge in [0, 0.05) is 6.42 Å². The third-order valence-corrected chi connectivity index (χ3v) is 4.03. The van der Waals surface area contributed by atoms with E-state index in [9.17, 15) is 19.5 Å². The van der Waals surface area contributed by atoms with E-state index in [0.29, 0.717) is 0 Å². The number of carbonyl (C=O) groups is 3. The monoisotopic (exact) mass is 385 g/mol. The van der Waals surface area contributed by atoms with E-state index in [2.05, 4.69) is 10.6 Å². The normalized spacial score (nSPS) is 11.3. The van der Waals surface area contributed by atoms with E-state index in [4.69, 9.17) is 10.5 Å². The Morgan fingerprint density at radius 2 is 1.86 bits per heavy atom. The molecule has 2 rings (SSSR count). The van der Waals surface area contributed by atoms with Gasteiger partial charge in [-0.2, -0.15) is 0 Å². The van der Waals surface area contributed by atoms with Crippen LogP contribution in [0.1, 0.15) is 16.7 Å². The Balaban J connectivity index is 1.81. The number of rotatable bonds is 8. The van der Waals surface area contributed by atoms with Crippen molar-refractivity contribution in [1.29, 1.82) is 0 Å². The molecule has 0 spiro atoms. The van der Waals surface area contributed by atoms with Crippen molar-refractivity contribution < 1.29 is 24.2 Å². The topological polar surface area (TPSA) is 131 Å². The highest BCUT2D eigenvalue weighted by Crippen LogP contribution is 2.17. The van der Waals surface area contributed by atoms with Gasteiger partial charge in [0.15, 0.2) is 0 Å². The van der Waals surface area contributed by atoms with Crippen LogP contribution in [-0.4, -0.2) is 35.6 Å². The molecular weight excluding hydrogens is 362 g/mol. The zero-order chi connectivity index (χ0) is 20.5. The Bertz CT molecular complexity index is 839. The molecule has 28 heavy (non-hydrogen) atoms. The van der Waals surface area contributed by atoms with Crippen LogP contribution in [0.3, 0.4) is 0 Å². The van der Waals surface area contributed by atoms with Gasteiger partial charge in [0.1, 0.15) is 24.9 Å². The van der Waals surface area contributed by atoms with Gasteiger partial charge in [-0.3, -0.25) is 9.59 Å². The van der Waals surface area contributed by atoms with Crippen molar-refractivity contribution in [3.63, 3.8) is 0 Å². The molecule has 0 heterocycles. The number of hydrogen-bond acceptors (Lipinski definition) is 5. The number of phenolic OH excluding ortho intramolecular Hbond substituents is 1. The number of benzene rings is 2. The molecule has 0 saturated carbocycles. The summed E-state index contributed by atoms with van der Waals surface area (Å²) in [5.41, 5.74) is 7.71. The molecule has 8 heteroatoms. The molecule has 2 aromatic rings. The van der Waals surface area contributed by atoms with Crippen molar-refractivity contribution in [3.05, 3.63) is 65.2 Å². The van der Waals surface area contributed by atoms with Crippen molar-refractivity contribution in [2.45, 2.75) is 26.0 Å². The minimum Gasteiger partial charge on any atom is -0.508 e. The highest BCUT2D eigenvalue weighted by Gasteiger charge is 2.20. The summed E-state index contributed by atoms with van der Waals surface area (Å²) >= 11 is 0. The second kappa shape index (κ2) is 9.96. The number of aromatic hydroxyl groups is 1. The largest absolute Gasteiger partial charge is 0.508 e. The fourth-order valence-corrected chi connectivity index (χ4v) is 2.52. The maximum absolute atomic E-state index is 12.0. The zero-order valence-corrected chi connectivity index (χ0v) is 15.5. The van der Waals surface area contributed by atoms with Crippen LogP contribution in [0.5, 0.6) is 5.75 Å². The van der Waals surface area contributed by atoms with Gasteiger partial charge in [-0.25, -0.2) is 4.79 Å². The molecule has 0 unspecified atom stereocenters. The van der Waals surface area contributed by atoms with Gasteiger partial charge in [-0.1, -0.05) is 36.4 Å². The molecule has 5 N–H and O–H groups in total. The molecule has 3 amide bonds. The van der Waals surface area contributed by atoms with Crippen molar-refractivity contribution in [2.24, 2.45) is 5.73 Å². The molecule has 0 aliphatic heterocycles. The van der Waals surface area contributed by atoms with Crippen LogP contribution in [0.15, 0.2) is 48.5 Å². The van der Waals surface area contributed by atoms with Gasteiger partial charge in [-0.15, -0.1) is 0 Å². The molecule has 148 valence electrons. The van der Waals surface area contributed by atoms with E-state index in [-0.39, 0.29) is 25.3 Å². The first-order chi connectivity index (χ1) is 13.3. The van der Waals surface area contributed by atoms with Crippen LogP contribution >= 0.6 is 0 Å². The fraction of sp³-hybridized carbons (Fsp3) is 0.250. The molecular formula is C20H23N3O5. The van der Waals surface area contributed by atoms with Crippen molar-refractivity contribution >= 4 is 17.9 Å². The average Bonchev–Trinajstić information content (AvgIpc) is 2.66. The Labute approximate surface area is 162 Å². The molecule has 0 fully saturated rings. The lowest BCUT2D eigenvalue weighted by Crippen LogP contribution is -2.49. The highest BCUT2D eigenvalue weighted by molar-refractivity contribution is 5.88. The first kappa shape index (κ1) is 20.8. The number of nitrogens with two attached hydrogens (primary N) is 1. The van der Waals surface area contributed by atoms with Crippen LogP contribution in [0.25, 0.3) is 0 Å². The van der Waals surface area contributed by atoms with Gasteiger partial charge in [0.25, 0.3) is 0 Å². The van der Waals surface area contributed by atoms with Gasteiger partial charge in [0.2, 0.25) is 11.8 Å². The number of carbonyl (C=O) groups excluding carboxylic acids is 3. The molecule has 0 aromatic heterocycles. The highest BCUT2D eigenvalue weighted by atomic mass is 16.5. The van der Waals surface area contributed by atoms with Crippen molar-refractivity contribution in [2.75, 3.05) is 6.54 Å². The van der Waals surface area contributed by atoms with Crippen molar-refractivity contribution in [3.8, 4) is 5.75 Å². The number of phenols is 1. The quantitative estimate of drug-likeness (QED) is 0.541. The second-order valence-electron chi connectivity index (χ2n) is 6.25. The van der Waals surface area contributed by atoms with Gasteiger partial charge in [0.05, 0.1) is 0 Å². The lowest BCUT2D eigenvalue weighted by atomic mass is 10.0. The summed E-state index contributed by atoms with van der Waals surface area (Å²) in [6.07, 6.45) is -0.574. The van der Waals surface area contributed by atoms with Gasteiger partial charge in [-0.05, 0) is 35.7 Å². The minimum absolute atomic E-state index is 0.0817. The first-order valence-electron chi connectivity index (χ1n) is 8.67. The van der Waals surface area contributed by atoms with Crippen LogP contribution in [-0.2, 0) is 27.4 Å². The van der Waals surface area contributed by atoms with E-state index in [1.165, 1.54) is 6.07 Å². The summed E-state index contributed by atoms with van der Waals surface area (Å²) in [5.74, 6) is -1.16. The summed E-state index contributed by atoms with van der Waals surface area (Å²) in [7, 11) is 0. The number of aryl methyl sites for hydroxylation is 1. The van der Waals surface area contributed by atoms with E-state index in [1.54, 1.807) is 19.1 Å². The Hall–Kier alpha value is -3.55. The maximum atomic E-state index is 12.0. The lowest BCUT2D eigenvalue weighted by molar-refractivity contribution is -0.126. The number of alkyl carbamates (subject to hydrolysis) is 1. The predicted octanol–water partition coefficient (Wildman–Crippen LogP) is 1.14. The Kier molecular flexibility index (Phi) is 7.38. The van der Waals surface area contributed by atoms with Crippen LogP contribution in [0.4, 0.5) is 4.79 Å². The number of hydrogen-bond donors (Lipinski definition) is 4. The molecule has 0 radical (unpaired) electrons. The summed E-state index contributed by atoms with van der Waals surface area (Å²) < 4.78 is 5.01. The molecule has 1 atom stereocenters. The Morgan fingerprint density at radius 1 is 1.14 bits per heavy atom. The maximum Gasteiger partial charge on any atom is 0.407 e. The lowest BCUT2D eigenvalue weighted by Gasteiger charge is -2.17. The SMILES string of the molecule is Cc1cc(O)ccc1C[C@H](NC(=O)CNC(=O)OCc1ccccc1)C(N)=O. The van der Waals surface area contributed by atoms with E-state index in [1.807, 2.05) is 30.3 Å². The first-order valence-corrected chi connectivity index (χ1v) is 8.67. The van der Waals surface area contributed by atoms with E-state index >= 15 is 0 Å². The second-order valence-corrected chi connectivity index (χ2v) is 6.25. The fourth-order valence-electron chi connectivity index (χ4n) is 2.52. The molecule has 0 aliphatic rings.